The molecule has 6 heteroatoms. The molecule has 174 valence electrons. The Bertz CT molecular complexity index is 827. The van der Waals surface area contributed by atoms with Crippen LogP contribution in [0.5, 0.6) is 0 Å². The molecule has 2 amide bonds. The van der Waals surface area contributed by atoms with Crippen molar-refractivity contribution in [2.45, 2.75) is 76.4 Å². The second-order valence-electron chi connectivity index (χ2n) is 10.1. The third-order valence-electron chi connectivity index (χ3n) is 7.51. The van der Waals surface area contributed by atoms with Gasteiger partial charge in [-0.1, -0.05) is 38.1 Å². The number of nitrogens with one attached hydrogen (secondary N) is 2. The fourth-order valence-electron chi connectivity index (χ4n) is 5.72. The zero-order chi connectivity index (χ0) is 22.7. The molecule has 4 rings (SSSR count). The van der Waals surface area contributed by atoms with E-state index < -0.39 is 0 Å². The summed E-state index contributed by atoms with van der Waals surface area (Å²) in [5.41, 5.74) is 2.55. The molecule has 4 unspecified atom stereocenters. The molecule has 2 heterocycles. The van der Waals surface area contributed by atoms with Crippen LogP contribution in [0.25, 0.3) is 0 Å². The van der Waals surface area contributed by atoms with Crippen LogP contribution in [0.1, 0.15) is 63.0 Å². The molecule has 0 aromatic heterocycles. The van der Waals surface area contributed by atoms with Crippen LogP contribution in [0.3, 0.4) is 0 Å². The Kier molecular flexibility index (Phi) is 7.29. The Morgan fingerprint density at radius 3 is 2.44 bits per heavy atom. The van der Waals surface area contributed by atoms with E-state index in [1.54, 1.807) is 7.05 Å². The van der Waals surface area contributed by atoms with Crippen LogP contribution in [-0.2, 0) is 16.0 Å². The average Bonchev–Trinajstić information content (AvgIpc) is 3.43. The number of piperidine rings is 2. The molecule has 2 bridgehead atoms. The van der Waals surface area contributed by atoms with Gasteiger partial charge in [-0.25, -0.2) is 0 Å². The molecule has 6 nitrogen and oxygen atoms in total. The van der Waals surface area contributed by atoms with E-state index in [0.717, 1.165) is 45.2 Å². The fourth-order valence-corrected chi connectivity index (χ4v) is 5.72. The highest BCUT2D eigenvalue weighted by molar-refractivity contribution is 5.86. The van der Waals surface area contributed by atoms with Crippen LogP contribution < -0.4 is 10.6 Å². The van der Waals surface area contributed by atoms with Crippen LogP contribution in [0, 0.1) is 11.8 Å². The number of benzene rings is 1. The van der Waals surface area contributed by atoms with E-state index in [1.807, 2.05) is 25.0 Å². The smallest absolute Gasteiger partial charge is 0.237 e. The number of carbonyl (C=O) groups is 2. The molecule has 2 aliphatic heterocycles. The van der Waals surface area contributed by atoms with Crippen molar-refractivity contribution in [3.63, 3.8) is 0 Å². The molecule has 0 spiro atoms. The van der Waals surface area contributed by atoms with Gasteiger partial charge < -0.3 is 15.5 Å². The highest BCUT2D eigenvalue weighted by Crippen LogP contribution is 2.35. The first kappa shape index (κ1) is 23.0. The molecule has 2 N–H and O–H groups in total. The summed E-state index contributed by atoms with van der Waals surface area (Å²) >= 11 is 0. The maximum absolute atomic E-state index is 12.8. The normalized spacial score (nSPS) is 26.8. The van der Waals surface area contributed by atoms with Gasteiger partial charge in [-0.05, 0) is 61.5 Å². The zero-order valence-corrected chi connectivity index (χ0v) is 19.7. The second-order valence-corrected chi connectivity index (χ2v) is 10.1. The number of nitrogens with zero attached hydrogens (tertiary/aromatic N) is 2. The molecule has 3 aliphatic rings. The van der Waals surface area contributed by atoms with Crippen molar-refractivity contribution in [1.29, 1.82) is 0 Å². The van der Waals surface area contributed by atoms with Crippen molar-refractivity contribution in [1.82, 2.24) is 15.5 Å². The van der Waals surface area contributed by atoms with Crippen molar-refractivity contribution in [3.05, 3.63) is 35.4 Å². The fraction of sp³-hybridized carbons (Fsp3) is 0.654. The summed E-state index contributed by atoms with van der Waals surface area (Å²) in [4.78, 5) is 31.2. The molecule has 1 aromatic rings. The van der Waals surface area contributed by atoms with E-state index >= 15 is 0 Å². The number of hydrogen-bond donors (Lipinski definition) is 2. The summed E-state index contributed by atoms with van der Waals surface area (Å²) in [6.07, 6.45) is 8.13. The van der Waals surface area contributed by atoms with Gasteiger partial charge in [-0.15, -0.1) is 0 Å². The summed E-state index contributed by atoms with van der Waals surface area (Å²) < 4.78 is 0. The Hall–Kier alpha value is -2.21. The number of carbonyl (C=O) groups excluding carboxylic acids is 2. The first-order valence-corrected chi connectivity index (χ1v) is 12.3. The van der Waals surface area contributed by atoms with E-state index in [2.05, 4.69) is 39.9 Å². The second kappa shape index (κ2) is 10.2. The van der Waals surface area contributed by atoms with Crippen molar-refractivity contribution in [3.8, 4) is 0 Å². The summed E-state index contributed by atoms with van der Waals surface area (Å²) in [5, 5.41) is 6.69. The molecule has 0 radical (unpaired) electrons. The van der Waals surface area contributed by atoms with Crippen molar-refractivity contribution >= 4 is 18.0 Å². The summed E-state index contributed by atoms with van der Waals surface area (Å²) in [6, 6.07) is 9.19. The number of rotatable bonds is 7. The van der Waals surface area contributed by atoms with E-state index in [1.165, 1.54) is 17.5 Å². The average molecular weight is 439 g/mol. The van der Waals surface area contributed by atoms with Crippen LogP contribution in [0.2, 0.25) is 0 Å². The van der Waals surface area contributed by atoms with E-state index in [0.29, 0.717) is 17.9 Å². The third kappa shape index (κ3) is 5.22. The van der Waals surface area contributed by atoms with Crippen molar-refractivity contribution in [2.24, 2.45) is 16.8 Å². The minimum absolute atomic E-state index is 0.0441. The lowest BCUT2D eigenvalue weighted by molar-refractivity contribution is -0.135. The first-order valence-electron chi connectivity index (χ1n) is 12.3. The molecule has 1 aromatic carbocycles. The summed E-state index contributed by atoms with van der Waals surface area (Å²) in [7, 11) is 1.76. The summed E-state index contributed by atoms with van der Waals surface area (Å²) in [6.45, 7) is 5.64. The Balaban J connectivity index is 1.31. The van der Waals surface area contributed by atoms with Crippen LogP contribution in [0.4, 0.5) is 0 Å². The lowest BCUT2D eigenvalue weighted by Gasteiger charge is -2.33. The third-order valence-corrected chi connectivity index (χ3v) is 7.51. The highest BCUT2D eigenvalue weighted by atomic mass is 16.2. The lowest BCUT2D eigenvalue weighted by Crippen LogP contribution is -2.51. The lowest BCUT2D eigenvalue weighted by atomic mass is 9.88. The SMILES string of the molecule is CN=CC(Cc1ccc(C2CCN(C(=O)C(C)C)CC2)cc1)NC(=O)C1NC2CCC1C2. The van der Waals surface area contributed by atoms with Crippen LogP contribution >= 0.6 is 0 Å². The number of likely N-dealkylation sites (tertiary alicyclic amines) is 1. The molecule has 4 atom stereocenters. The van der Waals surface area contributed by atoms with E-state index in [4.69, 9.17) is 0 Å². The topological polar surface area (TPSA) is 73.8 Å². The number of amides is 2. The summed E-state index contributed by atoms with van der Waals surface area (Å²) in [5.74, 6) is 1.45. The van der Waals surface area contributed by atoms with Gasteiger partial charge in [0, 0.05) is 38.3 Å². The predicted octanol–water partition coefficient (Wildman–Crippen LogP) is 2.92. The minimum atomic E-state index is -0.0930. The molecule has 3 fully saturated rings. The molecular weight excluding hydrogens is 400 g/mol. The van der Waals surface area contributed by atoms with E-state index in [-0.39, 0.29) is 29.8 Å². The van der Waals surface area contributed by atoms with Gasteiger partial charge in [0.25, 0.3) is 0 Å². The predicted molar refractivity (Wildman–Crippen MR) is 128 cm³/mol. The maximum Gasteiger partial charge on any atom is 0.237 e. The standard InChI is InChI=1S/C26H38N4O2/c1-17(2)26(32)30-12-10-20(11-13-30)19-6-4-18(5-7-19)14-23(16-27-3)29-25(31)24-21-8-9-22(15-21)28-24/h4-7,16-17,20-24,28H,8-15H2,1-3H3,(H,29,31). The van der Waals surface area contributed by atoms with E-state index in [9.17, 15) is 9.59 Å². The molecule has 1 saturated carbocycles. The molecule has 2 saturated heterocycles. The Morgan fingerprint density at radius 1 is 1.16 bits per heavy atom. The van der Waals surface area contributed by atoms with Gasteiger partial charge in [0.2, 0.25) is 11.8 Å². The maximum atomic E-state index is 12.8. The van der Waals surface area contributed by atoms with Gasteiger partial charge in [0.15, 0.2) is 0 Å². The largest absolute Gasteiger partial charge is 0.347 e. The molecular formula is C26H38N4O2. The monoisotopic (exact) mass is 438 g/mol. The Labute approximate surface area is 192 Å². The van der Waals surface area contributed by atoms with Gasteiger partial charge in [0.1, 0.15) is 0 Å². The van der Waals surface area contributed by atoms with Gasteiger partial charge in [0.05, 0.1) is 12.1 Å². The quantitative estimate of drug-likeness (QED) is 0.643. The van der Waals surface area contributed by atoms with Gasteiger partial charge in [-0.3, -0.25) is 14.6 Å². The first-order chi connectivity index (χ1) is 15.4. The van der Waals surface area contributed by atoms with Crippen LogP contribution in [-0.4, -0.2) is 61.2 Å². The van der Waals surface area contributed by atoms with Gasteiger partial charge in [-0.2, -0.15) is 0 Å². The van der Waals surface area contributed by atoms with Gasteiger partial charge >= 0.3 is 0 Å². The van der Waals surface area contributed by atoms with Crippen LogP contribution in [0.15, 0.2) is 29.3 Å². The zero-order valence-electron chi connectivity index (χ0n) is 19.7. The number of fused-ring (bicyclic) bond motifs is 2. The molecule has 32 heavy (non-hydrogen) atoms. The van der Waals surface area contributed by atoms with Crippen molar-refractivity contribution < 1.29 is 9.59 Å². The minimum Gasteiger partial charge on any atom is -0.347 e. The number of hydrogen-bond acceptors (Lipinski definition) is 4. The number of aliphatic imine (C=N–C) groups is 1. The Morgan fingerprint density at radius 2 is 1.88 bits per heavy atom. The molecule has 1 aliphatic carbocycles. The van der Waals surface area contributed by atoms with Crippen molar-refractivity contribution in [2.75, 3.05) is 20.1 Å². The highest BCUT2D eigenvalue weighted by Gasteiger charge is 2.42.